The molecule has 42 heavy (non-hydrogen) atoms. The molecule has 212 valence electrons. The monoisotopic (exact) mass is 563 g/mol. The van der Waals surface area contributed by atoms with Crippen LogP contribution in [0.15, 0.2) is 83.8 Å². The van der Waals surface area contributed by atoms with Crippen molar-refractivity contribution in [3.05, 3.63) is 112 Å². The zero-order valence-electron chi connectivity index (χ0n) is 23.8. The van der Waals surface area contributed by atoms with E-state index in [-0.39, 0.29) is 35.5 Å². The molecule has 3 heterocycles. The first-order chi connectivity index (χ1) is 20.1. The van der Waals surface area contributed by atoms with Crippen LogP contribution in [-0.4, -0.2) is 30.1 Å². The maximum Gasteiger partial charge on any atom is 0.327 e. The third-order valence-corrected chi connectivity index (χ3v) is 7.34. The van der Waals surface area contributed by atoms with Crippen LogP contribution in [0.4, 0.5) is 4.39 Å². The molecule has 0 amide bonds. The minimum absolute atomic E-state index is 0.0238. The molecule has 1 N–H and O–H groups in total. The van der Waals surface area contributed by atoms with Crippen LogP contribution in [-0.2, 0) is 30.1 Å². The zero-order valence-corrected chi connectivity index (χ0v) is 23.8. The standard InChI is InChI=1S/C33H30FN5O3/c1-33(2,3)29-19-23(39(37-29)22-12-10-21(34)11-13-22)18-24(40)17-20-9-14-27(26-8-6-5-7-25(20)26)42-28-15-16-35-31-30(28)38(4)32(41)36-31/h5-16,19H,17-18H2,1-4H3,(H,35,36,41). The van der Waals surface area contributed by atoms with E-state index in [1.165, 1.54) is 16.7 Å². The fraction of sp³-hybridized carbons (Fsp3) is 0.212. The van der Waals surface area contributed by atoms with Gasteiger partial charge in [0, 0.05) is 43.0 Å². The normalized spacial score (nSPS) is 11.8. The topological polar surface area (TPSA) is 94.8 Å². The highest BCUT2D eigenvalue weighted by Gasteiger charge is 2.22. The van der Waals surface area contributed by atoms with Crippen molar-refractivity contribution in [2.24, 2.45) is 7.05 Å². The summed E-state index contributed by atoms with van der Waals surface area (Å²) in [5.74, 6) is 0.797. The van der Waals surface area contributed by atoms with Gasteiger partial charge in [0.25, 0.3) is 0 Å². The average molecular weight is 564 g/mol. The number of Topliss-reactive ketones (excluding diaryl/α,β-unsaturated/α-hetero) is 1. The van der Waals surface area contributed by atoms with Crippen molar-refractivity contribution in [1.29, 1.82) is 0 Å². The molecule has 0 radical (unpaired) electrons. The first kappa shape index (κ1) is 27.1. The summed E-state index contributed by atoms with van der Waals surface area (Å²) in [4.78, 5) is 32.6. The third-order valence-electron chi connectivity index (χ3n) is 7.34. The van der Waals surface area contributed by atoms with Crippen LogP contribution in [0.5, 0.6) is 11.5 Å². The SMILES string of the molecule is Cn1c(=O)[nH]c2nccc(Oc3ccc(CC(=O)Cc4cc(C(C)(C)C)nn4-c4ccc(F)cc4)c4ccccc34)c21. The number of carbonyl (C=O) groups is 1. The predicted molar refractivity (Wildman–Crippen MR) is 160 cm³/mol. The molecule has 0 fully saturated rings. The lowest BCUT2D eigenvalue weighted by Gasteiger charge is -2.14. The summed E-state index contributed by atoms with van der Waals surface area (Å²) in [5.41, 5.74) is 3.70. The van der Waals surface area contributed by atoms with Crippen LogP contribution in [0, 0.1) is 5.82 Å². The number of nitrogens with zero attached hydrogens (tertiary/aromatic N) is 4. The number of H-pyrrole nitrogens is 1. The summed E-state index contributed by atoms with van der Waals surface area (Å²) in [6.45, 7) is 6.20. The Hall–Kier alpha value is -5.05. The smallest absolute Gasteiger partial charge is 0.327 e. The molecule has 9 heteroatoms. The Bertz CT molecular complexity index is 2010. The highest BCUT2D eigenvalue weighted by atomic mass is 19.1. The molecule has 0 aliphatic rings. The number of ether oxygens (including phenoxy) is 1. The number of fused-ring (bicyclic) bond motifs is 2. The molecule has 0 aliphatic heterocycles. The van der Waals surface area contributed by atoms with Crippen molar-refractivity contribution in [1.82, 2.24) is 24.3 Å². The van der Waals surface area contributed by atoms with E-state index >= 15 is 0 Å². The number of benzene rings is 3. The van der Waals surface area contributed by atoms with Gasteiger partial charge in [0.15, 0.2) is 11.4 Å². The predicted octanol–water partition coefficient (Wildman–Crippen LogP) is 6.18. The number of imidazole rings is 1. The fourth-order valence-electron chi connectivity index (χ4n) is 5.11. The lowest BCUT2D eigenvalue weighted by Crippen LogP contribution is -2.13. The molecule has 0 spiro atoms. The average Bonchev–Trinajstić information content (AvgIpc) is 3.51. The van der Waals surface area contributed by atoms with Crippen molar-refractivity contribution in [2.45, 2.75) is 39.0 Å². The number of pyridine rings is 1. The first-order valence-corrected chi connectivity index (χ1v) is 13.7. The van der Waals surface area contributed by atoms with Gasteiger partial charge in [-0.3, -0.25) is 14.3 Å². The lowest BCUT2D eigenvalue weighted by atomic mass is 9.92. The summed E-state index contributed by atoms with van der Waals surface area (Å²) >= 11 is 0. The molecular weight excluding hydrogens is 533 g/mol. The van der Waals surface area contributed by atoms with Crippen molar-refractivity contribution in [2.75, 3.05) is 0 Å². The number of nitrogens with one attached hydrogen (secondary N) is 1. The van der Waals surface area contributed by atoms with E-state index in [0.717, 1.165) is 27.7 Å². The molecule has 0 atom stereocenters. The largest absolute Gasteiger partial charge is 0.454 e. The Balaban J connectivity index is 1.31. The minimum Gasteiger partial charge on any atom is -0.454 e. The summed E-state index contributed by atoms with van der Waals surface area (Å²) in [7, 11) is 1.66. The second kappa shape index (κ2) is 10.4. The van der Waals surface area contributed by atoms with Gasteiger partial charge < -0.3 is 4.74 Å². The Morgan fingerprint density at radius 2 is 1.69 bits per heavy atom. The van der Waals surface area contributed by atoms with Gasteiger partial charge >= 0.3 is 5.69 Å². The molecule has 0 unspecified atom stereocenters. The maximum atomic E-state index is 13.6. The van der Waals surface area contributed by atoms with Crippen molar-refractivity contribution in [3.63, 3.8) is 0 Å². The molecular formula is C33H30FN5O3. The second-order valence-corrected chi connectivity index (χ2v) is 11.4. The summed E-state index contributed by atoms with van der Waals surface area (Å²) in [5, 5.41) is 6.52. The Morgan fingerprint density at radius 1 is 0.952 bits per heavy atom. The molecule has 0 bridgehead atoms. The molecule has 0 saturated heterocycles. The number of hydrogen-bond donors (Lipinski definition) is 1. The number of hydrogen-bond acceptors (Lipinski definition) is 5. The van der Waals surface area contributed by atoms with Gasteiger partial charge in [0.05, 0.1) is 17.1 Å². The van der Waals surface area contributed by atoms with Crippen molar-refractivity contribution in [3.8, 4) is 17.2 Å². The van der Waals surface area contributed by atoms with Crippen LogP contribution in [0.3, 0.4) is 0 Å². The number of ketones is 1. The number of aromatic amines is 1. The number of halogens is 1. The van der Waals surface area contributed by atoms with Gasteiger partial charge in [-0.15, -0.1) is 0 Å². The Labute approximate surface area is 241 Å². The van der Waals surface area contributed by atoms with Crippen LogP contribution in [0.2, 0.25) is 0 Å². The number of aromatic nitrogens is 5. The summed E-state index contributed by atoms with van der Waals surface area (Å²) in [6, 6.07) is 21.3. The van der Waals surface area contributed by atoms with Gasteiger partial charge in [-0.2, -0.15) is 5.10 Å². The van der Waals surface area contributed by atoms with Crippen LogP contribution in [0.25, 0.3) is 27.6 Å². The van der Waals surface area contributed by atoms with Gasteiger partial charge in [-0.25, -0.2) is 18.9 Å². The van der Waals surface area contributed by atoms with Crippen LogP contribution >= 0.6 is 0 Å². The quantitative estimate of drug-likeness (QED) is 0.250. The second-order valence-electron chi connectivity index (χ2n) is 11.4. The van der Waals surface area contributed by atoms with E-state index in [1.54, 1.807) is 36.1 Å². The van der Waals surface area contributed by atoms with Gasteiger partial charge in [0.2, 0.25) is 0 Å². The fourth-order valence-corrected chi connectivity index (χ4v) is 5.11. The van der Waals surface area contributed by atoms with Gasteiger partial charge in [-0.05, 0) is 47.3 Å². The molecule has 0 saturated carbocycles. The lowest BCUT2D eigenvalue weighted by molar-refractivity contribution is -0.117. The molecule has 0 aliphatic carbocycles. The van der Waals surface area contributed by atoms with Gasteiger partial charge in [0.1, 0.15) is 22.9 Å². The Morgan fingerprint density at radius 3 is 2.43 bits per heavy atom. The van der Waals surface area contributed by atoms with E-state index < -0.39 is 0 Å². The molecule has 8 nitrogen and oxygen atoms in total. The number of rotatable bonds is 7. The highest BCUT2D eigenvalue weighted by molar-refractivity contribution is 5.95. The first-order valence-electron chi connectivity index (χ1n) is 13.7. The third kappa shape index (κ3) is 5.09. The van der Waals surface area contributed by atoms with Crippen LogP contribution in [0.1, 0.15) is 37.7 Å². The molecule has 3 aromatic carbocycles. The minimum atomic E-state index is -0.329. The van der Waals surface area contributed by atoms with E-state index in [2.05, 4.69) is 30.7 Å². The van der Waals surface area contributed by atoms with E-state index in [9.17, 15) is 14.0 Å². The van der Waals surface area contributed by atoms with Crippen LogP contribution < -0.4 is 10.4 Å². The van der Waals surface area contributed by atoms with E-state index in [1.807, 2.05) is 42.5 Å². The molecule has 3 aromatic heterocycles. The molecule has 6 aromatic rings. The Kier molecular flexibility index (Phi) is 6.73. The van der Waals surface area contributed by atoms with E-state index in [4.69, 9.17) is 9.84 Å². The van der Waals surface area contributed by atoms with E-state index in [0.29, 0.717) is 28.4 Å². The zero-order chi connectivity index (χ0) is 29.6. The van der Waals surface area contributed by atoms with Crippen molar-refractivity contribution >= 4 is 27.7 Å². The summed E-state index contributed by atoms with van der Waals surface area (Å²) in [6.07, 6.45) is 1.97. The maximum absolute atomic E-state index is 13.6. The number of carbonyl (C=O) groups excluding carboxylic acids is 1. The molecule has 6 rings (SSSR count). The van der Waals surface area contributed by atoms with Gasteiger partial charge in [-0.1, -0.05) is 51.1 Å². The van der Waals surface area contributed by atoms with Crippen molar-refractivity contribution < 1.29 is 13.9 Å². The summed E-state index contributed by atoms with van der Waals surface area (Å²) < 4.78 is 23.1. The number of aryl methyl sites for hydroxylation is 1. The highest BCUT2D eigenvalue weighted by Crippen LogP contribution is 2.34.